The van der Waals surface area contributed by atoms with E-state index in [1.807, 2.05) is 24.3 Å². The van der Waals surface area contributed by atoms with Gasteiger partial charge in [-0.05, 0) is 35.2 Å². The summed E-state index contributed by atoms with van der Waals surface area (Å²) in [5.41, 5.74) is 2.11. The topological polar surface area (TPSA) is 32.3 Å². The van der Waals surface area contributed by atoms with Gasteiger partial charge in [0.2, 0.25) is 5.91 Å². The Morgan fingerprint density at radius 2 is 1.87 bits per heavy atom. The van der Waals surface area contributed by atoms with Crippen LogP contribution in [0.2, 0.25) is 0 Å². The normalized spacial score (nSPS) is 18.3. The van der Waals surface area contributed by atoms with E-state index in [2.05, 4.69) is 5.32 Å². The molecule has 2 aromatic rings. The Bertz CT molecular complexity index is 712. The van der Waals surface area contributed by atoms with E-state index in [0.717, 1.165) is 23.7 Å². The molecule has 1 heterocycles. The van der Waals surface area contributed by atoms with Crippen LogP contribution in [-0.4, -0.2) is 37.0 Å². The molecule has 0 aliphatic carbocycles. The molecule has 3 nitrogen and oxygen atoms in total. The van der Waals surface area contributed by atoms with E-state index >= 15 is 0 Å². The van der Waals surface area contributed by atoms with Crippen molar-refractivity contribution in [2.24, 2.45) is 0 Å². The van der Waals surface area contributed by atoms with Gasteiger partial charge in [0.05, 0.1) is 6.04 Å². The molecule has 1 aliphatic heterocycles. The highest BCUT2D eigenvalue weighted by Gasteiger charge is 2.26. The Labute approximate surface area is 133 Å². The van der Waals surface area contributed by atoms with Crippen molar-refractivity contribution in [1.82, 2.24) is 10.2 Å². The average molecular weight is 316 g/mol. The number of hydrogen-bond donors (Lipinski definition) is 1. The van der Waals surface area contributed by atoms with Gasteiger partial charge in [-0.2, -0.15) is 0 Å². The van der Waals surface area contributed by atoms with E-state index in [1.54, 1.807) is 11.9 Å². The highest BCUT2D eigenvalue weighted by atomic mass is 19.1. The van der Waals surface area contributed by atoms with Gasteiger partial charge in [-0.3, -0.25) is 4.79 Å². The Morgan fingerprint density at radius 1 is 1.17 bits per heavy atom. The minimum Gasteiger partial charge on any atom is -0.343 e. The first kappa shape index (κ1) is 15.6. The van der Waals surface area contributed by atoms with Gasteiger partial charge in [0.25, 0.3) is 0 Å². The Kier molecular flexibility index (Phi) is 4.39. The summed E-state index contributed by atoms with van der Waals surface area (Å²) in [4.78, 5) is 13.9. The second-order valence-corrected chi connectivity index (χ2v) is 5.79. The molecular formula is C18H18F2N2O. The smallest absolute Gasteiger partial charge is 0.239 e. The number of nitrogens with one attached hydrogen (secondary N) is 1. The number of nitrogens with zero attached hydrogens (tertiary/aromatic N) is 1. The molecule has 1 saturated heterocycles. The molecule has 1 atom stereocenters. The van der Waals surface area contributed by atoms with Crippen molar-refractivity contribution in [3.8, 4) is 11.1 Å². The maximum Gasteiger partial charge on any atom is 0.239 e. The predicted molar refractivity (Wildman–Crippen MR) is 84.9 cm³/mol. The quantitative estimate of drug-likeness (QED) is 0.944. The van der Waals surface area contributed by atoms with Crippen LogP contribution in [0.1, 0.15) is 5.56 Å². The van der Waals surface area contributed by atoms with E-state index in [9.17, 15) is 13.6 Å². The second kappa shape index (κ2) is 6.46. The van der Waals surface area contributed by atoms with Crippen LogP contribution < -0.4 is 5.32 Å². The van der Waals surface area contributed by atoms with Gasteiger partial charge in [-0.25, -0.2) is 8.78 Å². The van der Waals surface area contributed by atoms with Crippen LogP contribution in [0.15, 0.2) is 42.5 Å². The molecule has 120 valence electrons. The first-order valence-electron chi connectivity index (χ1n) is 7.57. The number of benzene rings is 2. The second-order valence-electron chi connectivity index (χ2n) is 5.79. The average Bonchev–Trinajstić information content (AvgIpc) is 2.51. The fraction of sp³-hybridized carbons (Fsp3) is 0.278. The van der Waals surface area contributed by atoms with E-state index in [-0.39, 0.29) is 11.9 Å². The largest absolute Gasteiger partial charge is 0.343 e. The van der Waals surface area contributed by atoms with Gasteiger partial charge in [-0.1, -0.05) is 24.3 Å². The summed E-state index contributed by atoms with van der Waals surface area (Å²) in [6, 6.07) is 10.6. The maximum atomic E-state index is 13.5. The predicted octanol–water partition coefficient (Wildman–Crippen LogP) is 2.60. The maximum absolute atomic E-state index is 13.5. The van der Waals surface area contributed by atoms with Gasteiger partial charge in [0, 0.05) is 26.2 Å². The minimum atomic E-state index is -0.610. The molecule has 0 saturated carbocycles. The van der Waals surface area contributed by atoms with Crippen LogP contribution in [0.25, 0.3) is 11.1 Å². The van der Waals surface area contributed by atoms with Gasteiger partial charge in [-0.15, -0.1) is 0 Å². The standard InChI is InChI=1S/C18H18F2N2O/c1-22-7-6-21-17(18(22)23)10-12-4-2-3-5-16(12)13-8-14(19)11-15(20)9-13/h2-5,8-9,11,17,21H,6-7,10H2,1H3/t17-/m1/s1. The number of amides is 1. The summed E-state index contributed by atoms with van der Waals surface area (Å²) in [5.74, 6) is -1.18. The van der Waals surface area contributed by atoms with Crippen molar-refractivity contribution in [2.75, 3.05) is 20.1 Å². The summed E-state index contributed by atoms with van der Waals surface area (Å²) in [6.07, 6.45) is 0.484. The lowest BCUT2D eigenvalue weighted by Crippen LogP contribution is -2.54. The first-order chi connectivity index (χ1) is 11.0. The fourth-order valence-electron chi connectivity index (χ4n) is 2.94. The van der Waals surface area contributed by atoms with Crippen molar-refractivity contribution >= 4 is 5.91 Å². The lowest BCUT2D eigenvalue weighted by molar-refractivity contribution is -0.134. The zero-order valence-electron chi connectivity index (χ0n) is 12.9. The Morgan fingerprint density at radius 3 is 2.61 bits per heavy atom. The molecule has 1 fully saturated rings. The van der Waals surface area contributed by atoms with Crippen LogP contribution in [0.3, 0.4) is 0 Å². The Balaban J connectivity index is 1.93. The third-order valence-corrected chi connectivity index (χ3v) is 4.13. The van der Waals surface area contributed by atoms with Crippen LogP contribution >= 0.6 is 0 Å². The van der Waals surface area contributed by atoms with Gasteiger partial charge < -0.3 is 10.2 Å². The molecule has 0 radical (unpaired) electrons. The zero-order valence-corrected chi connectivity index (χ0v) is 12.9. The van der Waals surface area contributed by atoms with Crippen molar-refractivity contribution in [3.63, 3.8) is 0 Å². The monoisotopic (exact) mass is 316 g/mol. The summed E-state index contributed by atoms with van der Waals surface area (Å²) < 4.78 is 27.0. The number of likely N-dealkylation sites (N-methyl/N-ethyl adjacent to an activating group) is 1. The molecule has 1 N–H and O–H groups in total. The third-order valence-electron chi connectivity index (χ3n) is 4.13. The lowest BCUT2D eigenvalue weighted by atomic mass is 9.94. The van der Waals surface area contributed by atoms with Crippen LogP contribution in [-0.2, 0) is 11.2 Å². The van der Waals surface area contributed by atoms with E-state index in [1.165, 1.54) is 12.1 Å². The molecule has 1 aliphatic rings. The zero-order chi connectivity index (χ0) is 16.4. The number of carbonyl (C=O) groups is 1. The highest BCUT2D eigenvalue weighted by Crippen LogP contribution is 2.26. The summed E-state index contributed by atoms with van der Waals surface area (Å²) in [5, 5.41) is 3.21. The molecule has 0 spiro atoms. The molecule has 2 aromatic carbocycles. The number of halogens is 2. The van der Waals surface area contributed by atoms with Gasteiger partial charge in [0.15, 0.2) is 0 Å². The molecule has 0 unspecified atom stereocenters. The molecule has 23 heavy (non-hydrogen) atoms. The number of hydrogen-bond acceptors (Lipinski definition) is 2. The van der Waals surface area contributed by atoms with Crippen molar-refractivity contribution < 1.29 is 13.6 Å². The highest BCUT2D eigenvalue weighted by molar-refractivity contribution is 5.83. The molecule has 0 aromatic heterocycles. The van der Waals surface area contributed by atoms with Crippen LogP contribution in [0.4, 0.5) is 8.78 Å². The first-order valence-corrected chi connectivity index (χ1v) is 7.57. The van der Waals surface area contributed by atoms with Crippen LogP contribution in [0.5, 0.6) is 0 Å². The van der Waals surface area contributed by atoms with E-state index < -0.39 is 11.6 Å². The van der Waals surface area contributed by atoms with Gasteiger partial charge >= 0.3 is 0 Å². The molecule has 1 amide bonds. The van der Waals surface area contributed by atoms with E-state index in [0.29, 0.717) is 18.5 Å². The molecular weight excluding hydrogens is 298 g/mol. The van der Waals surface area contributed by atoms with E-state index in [4.69, 9.17) is 0 Å². The Hall–Kier alpha value is -2.27. The summed E-state index contributed by atoms with van der Waals surface area (Å²) in [7, 11) is 1.78. The third kappa shape index (κ3) is 3.40. The summed E-state index contributed by atoms with van der Waals surface area (Å²) >= 11 is 0. The number of rotatable bonds is 3. The summed E-state index contributed by atoms with van der Waals surface area (Å²) in [6.45, 7) is 1.43. The van der Waals surface area contributed by atoms with Crippen molar-refractivity contribution in [1.29, 1.82) is 0 Å². The van der Waals surface area contributed by atoms with Crippen molar-refractivity contribution in [2.45, 2.75) is 12.5 Å². The van der Waals surface area contributed by atoms with Gasteiger partial charge in [0.1, 0.15) is 11.6 Å². The number of piperazine rings is 1. The minimum absolute atomic E-state index is 0.0384. The fourth-order valence-corrected chi connectivity index (χ4v) is 2.94. The van der Waals surface area contributed by atoms with Crippen LogP contribution in [0, 0.1) is 11.6 Å². The SMILES string of the molecule is CN1CCN[C@H](Cc2ccccc2-c2cc(F)cc(F)c2)C1=O. The number of carbonyl (C=O) groups excluding carboxylic acids is 1. The molecule has 3 rings (SSSR count). The lowest BCUT2D eigenvalue weighted by Gasteiger charge is -2.30. The molecule has 5 heteroatoms. The van der Waals surface area contributed by atoms with Crippen molar-refractivity contribution in [3.05, 3.63) is 59.7 Å². The molecule has 0 bridgehead atoms.